The van der Waals surface area contributed by atoms with Crippen LogP contribution in [0.5, 0.6) is 0 Å². The highest BCUT2D eigenvalue weighted by Crippen LogP contribution is 2.30. The van der Waals surface area contributed by atoms with Gasteiger partial charge in [0, 0.05) is 7.05 Å². The monoisotopic (exact) mass is 279 g/mol. The van der Waals surface area contributed by atoms with Crippen molar-refractivity contribution in [1.82, 2.24) is 19.3 Å². The van der Waals surface area contributed by atoms with Crippen LogP contribution in [0, 0.1) is 12.7 Å². The van der Waals surface area contributed by atoms with Crippen molar-refractivity contribution in [2.45, 2.75) is 6.92 Å². The Morgan fingerprint density at radius 2 is 2.11 bits per heavy atom. The minimum absolute atomic E-state index is 0.179. The van der Waals surface area contributed by atoms with Gasteiger partial charge in [0.1, 0.15) is 17.0 Å². The van der Waals surface area contributed by atoms with E-state index in [1.165, 1.54) is 10.6 Å². The van der Waals surface area contributed by atoms with Gasteiger partial charge in [0.25, 0.3) is 0 Å². The SMILES string of the molecule is Cc1nn(C)c2c1nc(N)n2-c1c(F)cccc1Cl. The fourth-order valence-electron chi connectivity index (χ4n) is 2.21. The largest absolute Gasteiger partial charge is 0.369 e. The standard InChI is InChI=1S/C12H11ClFN5/c1-6-9-11(18(2)17-6)19(12(15)16-9)10-7(13)4-3-5-8(10)14/h3-5H,1-2H3,(H2,15,16). The number of hydrogen-bond donors (Lipinski definition) is 1. The fourth-order valence-corrected chi connectivity index (χ4v) is 2.46. The Morgan fingerprint density at radius 1 is 1.37 bits per heavy atom. The molecular weight excluding hydrogens is 269 g/mol. The number of imidazole rings is 1. The molecule has 0 bridgehead atoms. The smallest absolute Gasteiger partial charge is 0.207 e. The molecule has 0 amide bonds. The molecule has 3 rings (SSSR count). The lowest BCUT2D eigenvalue weighted by molar-refractivity contribution is 0.618. The zero-order valence-electron chi connectivity index (χ0n) is 10.4. The van der Waals surface area contributed by atoms with E-state index in [-0.39, 0.29) is 16.7 Å². The Labute approximate surface area is 113 Å². The molecule has 2 N–H and O–H groups in total. The number of benzene rings is 1. The van der Waals surface area contributed by atoms with Gasteiger partial charge in [0.2, 0.25) is 5.95 Å². The molecule has 5 nitrogen and oxygen atoms in total. The highest BCUT2D eigenvalue weighted by atomic mass is 35.5. The number of aryl methyl sites for hydroxylation is 2. The summed E-state index contributed by atoms with van der Waals surface area (Å²) in [6, 6.07) is 4.48. The van der Waals surface area contributed by atoms with Crippen molar-refractivity contribution in [3.63, 3.8) is 0 Å². The summed E-state index contributed by atoms with van der Waals surface area (Å²) in [6.45, 7) is 1.82. The highest BCUT2D eigenvalue weighted by Gasteiger charge is 2.20. The van der Waals surface area contributed by atoms with Gasteiger partial charge in [-0.1, -0.05) is 17.7 Å². The molecule has 0 saturated heterocycles. The molecule has 0 unspecified atom stereocenters. The number of halogens is 2. The van der Waals surface area contributed by atoms with Crippen LogP contribution in [0.25, 0.3) is 16.9 Å². The van der Waals surface area contributed by atoms with Gasteiger partial charge in [0.05, 0.1) is 10.7 Å². The molecular formula is C12H11ClFN5. The van der Waals surface area contributed by atoms with E-state index in [1.54, 1.807) is 23.9 Å². The molecule has 19 heavy (non-hydrogen) atoms. The second kappa shape index (κ2) is 3.96. The molecule has 7 heteroatoms. The molecule has 0 atom stereocenters. The zero-order valence-corrected chi connectivity index (χ0v) is 11.1. The Hall–Kier alpha value is -2.08. The van der Waals surface area contributed by atoms with E-state index >= 15 is 0 Å². The van der Waals surface area contributed by atoms with Crippen LogP contribution in [-0.4, -0.2) is 19.3 Å². The van der Waals surface area contributed by atoms with Crippen LogP contribution in [0.3, 0.4) is 0 Å². The van der Waals surface area contributed by atoms with E-state index in [0.717, 1.165) is 5.69 Å². The Morgan fingerprint density at radius 3 is 2.79 bits per heavy atom. The quantitative estimate of drug-likeness (QED) is 0.744. The molecule has 2 aromatic heterocycles. The van der Waals surface area contributed by atoms with E-state index in [2.05, 4.69) is 10.1 Å². The van der Waals surface area contributed by atoms with Gasteiger partial charge in [-0.15, -0.1) is 0 Å². The van der Waals surface area contributed by atoms with Crippen LogP contribution >= 0.6 is 11.6 Å². The van der Waals surface area contributed by atoms with Gasteiger partial charge < -0.3 is 5.73 Å². The van der Waals surface area contributed by atoms with E-state index in [9.17, 15) is 4.39 Å². The summed E-state index contributed by atoms with van der Waals surface area (Å²) in [7, 11) is 1.75. The molecule has 98 valence electrons. The molecule has 0 saturated carbocycles. The molecule has 1 aromatic carbocycles. The third-order valence-electron chi connectivity index (χ3n) is 2.99. The van der Waals surface area contributed by atoms with Crippen LogP contribution in [0.1, 0.15) is 5.69 Å². The number of rotatable bonds is 1. The molecule has 0 aliphatic carbocycles. The van der Waals surface area contributed by atoms with Crippen LogP contribution in [0.4, 0.5) is 10.3 Å². The number of nitrogen functional groups attached to an aromatic ring is 1. The van der Waals surface area contributed by atoms with Crippen molar-refractivity contribution in [2.24, 2.45) is 7.05 Å². The number of anilines is 1. The van der Waals surface area contributed by atoms with Gasteiger partial charge in [-0.3, -0.25) is 4.57 Å². The predicted molar refractivity (Wildman–Crippen MR) is 72.0 cm³/mol. The first-order chi connectivity index (χ1) is 9.00. The highest BCUT2D eigenvalue weighted by molar-refractivity contribution is 6.32. The summed E-state index contributed by atoms with van der Waals surface area (Å²) in [5, 5.41) is 4.52. The number of nitrogens with two attached hydrogens (primary N) is 1. The van der Waals surface area contributed by atoms with Crippen LogP contribution in [-0.2, 0) is 7.05 Å². The summed E-state index contributed by atoms with van der Waals surface area (Å²) in [5.41, 5.74) is 8.06. The van der Waals surface area contributed by atoms with E-state index in [4.69, 9.17) is 17.3 Å². The minimum Gasteiger partial charge on any atom is -0.369 e. The maximum Gasteiger partial charge on any atom is 0.207 e. The topological polar surface area (TPSA) is 61.7 Å². The predicted octanol–water partition coefficient (Wildman–Crippen LogP) is 2.44. The van der Waals surface area contributed by atoms with Crippen LogP contribution in [0.15, 0.2) is 18.2 Å². The molecule has 0 spiro atoms. The minimum atomic E-state index is -0.461. The third kappa shape index (κ3) is 1.60. The molecule has 3 aromatic rings. The van der Waals surface area contributed by atoms with Gasteiger partial charge in [-0.25, -0.2) is 14.1 Å². The van der Waals surface area contributed by atoms with Gasteiger partial charge in [0.15, 0.2) is 5.65 Å². The van der Waals surface area contributed by atoms with Crippen molar-refractivity contribution < 1.29 is 4.39 Å². The average Bonchev–Trinajstić information content (AvgIpc) is 2.79. The first-order valence-electron chi connectivity index (χ1n) is 5.62. The molecule has 0 aliphatic heterocycles. The number of hydrogen-bond acceptors (Lipinski definition) is 3. The maximum atomic E-state index is 14.0. The van der Waals surface area contributed by atoms with E-state index in [0.29, 0.717) is 11.2 Å². The summed E-state index contributed by atoms with van der Waals surface area (Å²) in [6.07, 6.45) is 0. The number of nitrogens with zero attached hydrogens (tertiary/aromatic N) is 4. The molecule has 2 heterocycles. The summed E-state index contributed by atoms with van der Waals surface area (Å²) < 4.78 is 17.1. The van der Waals surface area contributed by atoms with E-state index in [1.807, 2.05) is 6.92 Å². The Balaban J connectivity index is 2.46. The van der Waals surface area contributed by atoms with Crippen LogP contribution < -0.4 is 5.73 Å². The number of fused-ring (bicyclic) bond motifs is 1. The van der Waals surface area contributed by atoms with Crippen molar-refractivity contribution in [2.75, 3.05) is 5.73 Å². The Bertz CT molecular complexity index is 769. The molecule has 0 radical (unpaired) electrons. The third-order valence-corrected chi connectivity index (χ3v) is 3.29. The van der Waals surface area contributed by atoms with Crippen molar-refractivity contribution in [1.29, 1.82) is 0 Å². The lowest BCUT2D eigenvalue weighted by Gasteiger charge is -2.09. The second-order valence-corrected chi connectivity index (χ2v) is 4.66. The molecule has 0 fully saturated rings. The summed E-state index contributed by atoms with van der Waals surface area (Å²) in [4.78, 5) is 4.22. The van der Waals surface area contributed by atoms with Gasteiger partial charge in [-0.2, -0.15) is 5.10 Å². The Kier molecular flexibility index (Phi) is 2.50. The summed E-state index contributed by atoms with van der Waals surface area (Å²) in [5.74, 6) is -0.282. The average molecular weight is 280 g/mol. The molecule has 0 aliphatic rings. The second-order valence-electron chi connectivity index (χ2n) is 4.26. The van der Waals surface area contributed by atoms with E-state index < -0.39 is 5.82 Å². The summed E-state index contributed by atoms with van der Waals surface area (Å²) >= 11 is 6.08. The zero-order chi connectivity index (χ0) is 13.7. The lowest BCUT2D eigenvalue weighted by atomic mass is 10.3. The number of para-hydroxylation sites is 1. The fraction of sp³-hybridized carbons (Fsp3) is 0.167. The normalized spacial score (nSPS) is 11.4. The van der Waals surface area contributed by atoms with Crippen molar-refractivity contribution >= 4 is 28.7 Å². The first-order valence-corrected chi connectivity index (χ1v) is 6.00. The first kappa shape index (κ1) is 12.0. The lowest BCUT2D eigenvalue weighted by Crippen LogP contribution is -2.07. The maximum absolute atomic E-state index is 14.0. The van der Waals surface area contributed by atoms with Crippen molar-refractivity contribution in [3.05, 3.63) is 34.7 Å². The number of aromatic nitrogens is 4. The van der Waals surface area contributed by atoms with Crippen molar-refractivity contribution in [3.8, 4) is 5.69 Å². The van der Waals surface area contributed by atoms with Crippen LogP contribution in [0.2, 0.25) is 5.02 Å². The van der Waals surface area contributed by atoms with Gasteiger partial charge in [-0.05, 0) is 19.1 Å². The van der Waals surface area contributed by atoms with Gasteiger partial charge >= 0.3 is 0 Å².